The third kappa shape index (κ3) is 3.22. The number of hydrogen-bond acceptors (Lipinski definition) is 5. The van der Waals surface area contributed by atoms with Gasteiger partial charge < -0.3 is 9.32 Å². The highest BCUT2D eigenvalue weighted by atomic mass is 16.3. The van der Waals surface area contributed by atoms with Crippen LogP contribution in [-0.2, 0) is 0 Å². The summed E-state index contributed by atoms with van der Waals surface area (Å²) in [5.74, 6) is 1.44. The molecule has 1 aliphatic rings. The zero-order chi connectivity index (χ0) is 17.9. The van der Waals surface area contributed by atoms with Crippen molar-refractivity contribution in [2.24, 2.45) is 0 Å². The van der Waals surface area contributed by atoms with Crippen LogP contribution in [-0.4, -0.2) is 38.8 Å². The fourth-order valence-electron chi connectivity index (χ4n) is 3.46. The van der Waals surface area contributed by atoms with Crippen molar-refractivity contribution >= 4 is 5.91 Å². The number of furan rings is 1. The van der Waals surface area contributed by atoms with Crippen molar-refractivity contribution in [3.05, 3.63) is 66.4 Å². The standard InChI is InChI=1S/C20H20N4O2/c1-14-22-13-17(15-4-8-21-9-5-15)19(23-14)16-6-10-24(11-7-16)20(25)18-3-2-12-26-18/h2-5,8-9,12-13,16H,6-7,10-11H2,1H3. The van der Waals surface area contributed by atoms with E-state index in [9.17, 15) is 4.79 Å². The van der Waals surface area contributed by atoms with Crippen LogP contribution in [0.3, 0.4) is 0 Å². The molecular weight excluding hydrogens is 328 g/mol. The number of piperidine rings is 1. The molecule has 1 fully saturated rings. The summed E-state index contributed by atoms with van der Waals surface area (Å²) in [6.45, 7) is 3.31. The van der Waals surface area contributed by atoms with Crippen LogP contribution in [0.5, 0.6) is 0 Å². The number of amides is 1. The first-order valence-electron chi connectivity index (χ1n) is 8.79. The van der Waals surface area contributed by atoms with Crippen molar-refractivity contribution in [2.75, 3.05) is 13.1 Å². The highest BCUT2D eigenvalue weighted by molar-refractivity contribution is 5.91. The monoisotopic (exact) mass is 348 g/mol. The number of nitrogens with zero attached hydrogens (tertiary/aromatic N) is 4. The first-order valence-corrected chi connectivity index (χ1v) is 8.79. The van der Waals surface area contributed by atoms with E-state index in [1.165, 1.54) is 6.26 Å². The minimum atomic E-state index is -0.0401. The van der Waals surface area contributed by atoms with Gasteiger partial charge in [-0.3, -0.25) is 9.78 Å². The Labute approximate surface area is 151 Å². The molecule has 6 heteroatoms. The van der Waals surface area contributed by atoms with Gasteiger partial charge in [0.25, 0.3) is 5.91 Å². The summed E-state index contributed by atoms with van der Waals surface area (Å²) in [4.78, 5) is 27.5. The molecule has 3 aromatic rings. The van der Waals surface area contributed by atoms with E-state index in [0.717, 1.165) is 35.5 Å². The maximum atomic E-state index is 12.4. The van der Waals surface area contributed by atoms with Crippen LogP contribution in [0, 0.1) is 6.92 Å². The molecule has 132 valence electrons. The van der Waals surface area contributed by atoms with E-state index in [0.29, 0.717) is 24.8 Å². The zero-order valence-electron chi connectivity index (χ0n) is 14.6. The van der Waals surface area contributed by atoms with E-state index < -0.39 is 0 Å². The molecule has 0 aliphatic carbocycles. The second-order valence-corrected chi connectivity index (χ2v) is 6.50. The number of aromatic nitrogens is 3. The topological polar surface area (TPSA) is 72.1 Å². The fourth-order valence-corrected chi connectivity index (χ4v) is 3.46. The van der Waals surface area contributed by atoms with Crippen molar-refractivity contribution in [1.29, 1.82) is 0 Å². The first kappa shape index (κ1) is 16.4. The molecule has 0 aromatic carbocycles. The summed E-state index contributed by atoms with van der Waals surface area (Å²) in [6.07, 6.45) is 8.74. The Morgan fingerprint density at radius 2 is 1.96 bits per heavy atom. The third-order valence-electron chi connectivity index (χ3n) is 4.83. The second kappa shape index (κ2) is 7.07. The van der Waals surface area contributed by atoms with Crippen molar-refractivity contribution in [3.63, 3.8) is 0 Å². The van der Waals surface area contributed by atoms with E-state index in [-0.39, 0.29) is 5.91 Å². The van der Waals surface area contributed by atoms with Crippen LogP contribution in [0.25, 0.3) is 11.1 Å². The van der Waals surface area contributed by atoms with E-state index >= 15 is 0 Å². The van der Waals surface area contributed by atoms with E-state index in [4.69, 9.17) is 9.40 Å². The van der Waals surface area contributed by atoms with Gasteiger partial charge in [-0.2, -0.15) is 0 Å². The fraction of sp³-hybridized carbons (Fsp3) is 0.300. The third-order valence-corrected chi connectivity index (χ3v) is 4.83. The molecule has 1 amide bonds. The summed E-state index contributed by atoms with van der Waals surface area (Å²) < 4.78 is 5.23. The number of carbonyl (C=O) groups is 1. The normalized spacial score (nSPS) is 15.2. The van der Waals surface area contributed by atoms with E-state index in [1.54, 1.807) is 24.5 Å². The molecule has 0 N–H and O–H groups in total. The number of carbonyl (C=O) groups excluding carboxylic acids is 1. The van der Waals surface area contributed by atoms with Gasteiger partial charge in [0.2, 0.25) is 0 Å². The van der Waals surface area contributed by atoms with Gasteiger partial charge in [0.1, 0.15) is 5.82 Å². The molecule has 4 rings (SSSR count). The first-order chi connectivity index (χ1) is 12.7. The molecule has 1 saturated heterocycles. The number of pyridine rings is 1. The predicted molar refractivity (Wildman–Crippen MR) is 96.6 cm³/mol. The van der Waals surface area contributed by atoms with Gasteiger partial charge >= 0.3 is 0 Å². The predicted octanol–water partition coefficient (Wildman–Crippen LogP) is 3.46. The molecule has 26 heavy (non-hydrogen) atoms. The largest absolute Gasteiger partial charge is 0.459 e. The zero-order valence-corrected chi connectivity index (χ0v) is 14.6. The number of hydrogen-bond donors (Lipinski definition) is 0. The summed E-state index contributed by atoms with van der Waals surface area (Å²) in [6, 6.07) is 7.41. The van der Waals surface area contributed by atoms with Gasteiger partial charge in [-0.15, -0.1) is 0 Å². The van der Waals surface area contributed by atoms with Crippen LogP contribution in [0.1, 0.15) is 40.8 Å². The average Bonchev–Trinajstić information content (AvgIpc) is 3.23. The summed E-state index contributed by atoms with van der Waals surface area (Å²) in [5, 5.41) is 0. The van der Waals surface area contributed by atoms with Gasteiger partial charge in [-0.25, -0.2) is 9.97 Å². The Bertz CT molecular complexity index is 885. The Balaban J connectivity index is 1.54. The molecule has 0 saturated carbocycles. The van der Waals surface area contributed by atoms with Gasteiger partial charge in [0.05, 0.1) is 12.0 Å². The molecule has 3 aromatic heterocycles. The highest BCUT2D eigenvalue weighted by Crippen LogP contribution is 2.34. The lowest BCUT2D eigenvalue weighted by Crippen LogP contribution is -2.38. The van der Waals surface area contributed by atoms with Gasteiger partial charge in [0.15, 0.2) is 5.76 Å². The second-order valence-electron chi connectivity index (χ2n) is 6.50. The average molecular weight is 348 g/mol. The quantitative estimate of drug-likeness (QED) is 0.725. The van der Waals surface area contributed by atoms with Crippen LogP contribution < -0.4 is 0 Å². The Hall–Kier alpha value is -3.02. The molecular formula is C20H20N4O2. The molecule has 4 heterocycles. The summed E-state index contributed by atoms with van der Waals surface area (Å²) >= 11 is 0. The van der Waals surface area contributed by atoms with Gasteiger partial charge in [-0.05, 0) is 49.6 Å². The van der Waals surface area contributed by atoms with E-state index in [2.05, 4.69) is 9.97 Å². The SMILES string of the molecule is Cc1ncc(-c2ccncc2)c(C2CCN(C(=O)c3ccco3)CC2)n1. The molecule has 0 spiro atoms. The van der Waals surface area contributed by atoms with Crippen molar-refractivity contribution in [3.8, 4) is 11.1 Å². The minimum absolute atomic E-state index is 0.0401. The Kier molecular flexibility index (Phi) is 4.48. The smallest absolute Gasteiger partial charge is 0.289 e. The highest BCUT2D eigenvalue weighted by Gasteiger charge is 2.28. The molecule has 1 aliphatic heterocycles. The minimum Gasteiger partial charge on any atom is -0.459 e. The Morgan fingerprint density at radius 3 is 2.65 bits per heavy atom. The molecule has 0 atom stereocenters. The lowest BCUT2D eigenvalue weighted by atomic mass is 9.89. The molecule has 6 nitrogen and oxygen atoms in total. The summed E-state index contributed by atoms with van der Waals surface area (Å²) in [7, 11) is 0. The van der Waals surface area contributed by atoms with Crippen LogP contribution in [0.2, 0.25) is 0 Å². The Morgan fingerprint density at radius 1 is 1.19 bits per heavy atom. The number of rotatable bonds is 3. The maximum Gasteiger partial charge on any atom is 0.289 e. The van der Waals surface area contributed by atoms with E-state index in [1.807, 2.05) is 30.2 Å². The van der Waals surface area contributed by atoms with Crippen molar-refractivity contribution < 1.29 is 9.21 Å². The summed E-state index contributed by atoms with van der Waals surface area (Å²) in [5.41, 5.74) is 3.19. The van der Waals surface area contributed by atoms with Crippen molar-refractivity contribution in [1.82, 2.24) is 19.9 Å². The maximum absolute atomic E-state index is 12.4. The molecule has 0 bridgehead atoms. The van der Waals surface area contributed by atoms with Crippen LogP contribution in [0.4, 0.5) is 0 Å². The lowest BCUT2D eigenvalue weighted by Gasteiger charge is -2.32. The van der Waals surface area contributed by atoms with Crippen LogP contribution in [0.15, 0.2) is 53.5 Å². The lowest BCUT2D eigenvalue weighted by molar-refractivity contribution is 0.0680. The molecule has 0 radical (unpaired) electrons. The van der Waals surface area contributed by atoms with Gasteiger partial charge in [-0.1, -0.05) is 0 Å². The number of likely N-dealkylation sites (tertiary alicyclic amines) is 1. The molecule has 0 unspecified atom stereocenters. The number of aryl methyl sites for hydroxylation is 1. The van der Waals surface area contributed by atoms with Gasteiger partial charge in [0, 0.05) is 43.2 Å². The van der Waals surface area contributed by atoms with Crippen molar-refractivity contribution in [2.45, 2.75) is 25.7 Å². The van der Waals surface area contributed by atoms with Crippen LogP contribution >= 0.6 is 0 Å².